The number of carbonyl (C=O) groups is 1. The van der Waals surface area contributed by atoms with Crippen LogP contribution in [0.1, 0.15) is 48.4 Å². The van der Waals surface area contributed by atoms with Gasteiger partial charge in [-0.1, -0.05) is 45.0 Å². The summed E-state index contributed by atoms with van der Waals surface area (Å²) < 4.78 is 107. The van der Waals surface area contributed by atoms with Gasteiger partial charge in [-0.05, 0) is 66.2 Å². The van der Waals surface area contributed by atoms with Gasteiger partial charge in [0.2, 0.25) is 0 Å². The number of anilines is 1. The average molecular weight is 690 g/mol. The van der Waals surface area contributed by atoms with Gasteiger partial charge in [0.1, 0.15) is 11.6 Å². The van der Waals surface area contributed by atoms with Gasteiger partial charge < -0.3 is 9.74 Å². The van der Waals surface area contributed by atoms with Crippen LogP contribution >= 0.6 is 0 Å². The second kappa shape index (κ2) is 12.4. The van der Waals surface area contributed by atoms with Gasteiger partial charge in [0.15, 0.2) is 20.2 Å². The first kappa shape index (κ1) is 34.7. The number of para-hydroxylation sites is 1. The number of alkyl halides is 6. The Morgan fingerprint density at radius 1 is 0.896 bits per heavy atom. The van der Waals surface area contributed by atoms with Crippen molar-refractivity contribution in [3.8, 4) is 17.1 Å². The number of halogens is 7. The second-order valence-corrected chi connectivity index (χ2v) is 17.3. The summed E-state index contributed by atoms with van der Waals surface area (Å²) in [7, 11) is -2.91. The molecule has 0 aliphatic carbocycles. The standard InChI is InChI=1S/C33H30F7N5O2Si/c1-31(2,3)48(4,5)47-27(33(38,39)40)19-12-13-21-26(16-19)44-45(20-10-7-6-8-11-20)29(21)43-30(46)23-17-22(28-41-14-9-15-42-28)24(18-25(23)34)32(35,36)37/h6-18,27H,1-5H3,(H,43,46). The molecule has 3 aromatic carbocycles. The SMILES string of the molecule is CC(C)(C)[Si](C)(C)OC(c1ccc2c(NC(=O)c3cc(-c4ncccn4)c(C(F)(F)F)cc3F)n(-c3ccccc3)nc2c1)C(F)(F)F. The molecule has 1 unspecified atom stereocenters. The zero-order chi connectivity index (χ0) is 35.2. The maximum absolute atomic E-state index is 15.2. The highest BCUT2D eigenvalue weighted by Gasteiger charge is 2.49. The zero-order valence-electron chi connectivity index (χ0n) is 26.3. The number of carbonyl (C=O) groups excluding carboxylic acids is 1. The average Bonchev–Trinajstić information content (AvgIpc) is 3.36. The van der Waals surface area contributed by atoms with E-state index in [0.717, 1.165) is 0 Å². The van der Waals surface area contributed by atoms with E-state index < -0.39 is 60.2 Å². The molecule has 5 aromatic rings. The fourth-order valence-electron chi connectivity index (χ4n) is 4.72. The largest absolute Gasteiger partial charge is 0.417 e. The lowest BCUT2D eigenvalue weighted by Crippen LogP contribution is -2.44. The monoisotopic (exact) mass is 689 g/mol. The van der Waals surface area contributed by atoms with Gasteiger partial charge in [-0.25, -0.2) is 19.0 Å². The fraction of sp³-hybridized carbons (Fsp3) is 0.273. The molecule has 7 nitrogen and oxygen atoms in total. The molecule has 1 atom stereocenters. The molecule has 2 aromatic heterocycles. The Bertz CT molecular complexity index is 1960. The molecule has 15 heteroatoms. The number of nitrogens with one attached hydrogen (secondary N) is 1. The number of fused-ring (bicyclic) bond motifs is 1. The lowest BCUT2D eigenvalue weighted by molar-refractivity contribution is -0.201. The van der Waals surface area contributed by atoms with E-state index in [1.807, 2.05) is 20.8 Å². The summed E-state index contributed by atoms with van der Waals surface area (Å²) in [5.74, 6) is -3.05. The third-order valence-electron chi connectivity index (χ3n) is 8.21. The number of nitrogens with zero attached hydrogens (tertiary/aromatic N) is 4. The van der Waals surface area contributed by atoms with E-state index in [1.165, 1.54) is 41.3 Å². The predicted octanol–water partition coefficient (Wildman–Crippen LogP) is 9.52. The topological polar surface area (TPSA) is 81.9 Å². The van der Waals surface area contributed by atoms with E-state index in [2.05, 4.69) is 20.4 Å². The van der Waals surface area contributed by atoms with Gasteiger partial charge in [-0.3, -0.25) is 4.79 Å². The molecule has 0 spiro atoms. The summed E-state index contributed by atoms with van der Waals surface area (Å²) in [6.07, 6.45) is -9.62. The number of benzene rings is 3. The van der Waals surface area contributed by atoms with Crippen molar-refractivity contribution in [2.75, 3.05) is 5.32 Å². The van der Waals surface area contributed by atoms with Crippen LogP contribution in [-0.4, -0.2) is 40.1 Å². The summed E-state index contributed by atoms with van der Waals surface area (Å²) in [6, 6.07) is 14.3. The molecule has 2 heterocycles. The van der Waals surface area contributed by atoms with Crippen molar-refractivity contribution in [1.82, 2.24) is 19.7 Å². The quantitative estimate of drug-likeness (QED) is 0.136. The zero-order valence-corrected chi connectivity index (χ0v) is 27.3. The Hall–Kier alpha value is -4.63. The molecule has 1 N–H and O–H groups in total. The van der Waals surface area contributed by atoms with Gasteiger partial charge in [-0.2, -0.15) is 31.4 Å². The van der Waals surface area contributed by atoms with Gasteiger partial charge in [-0.15, -0.1) is 0 Å². The van der Waals surface area contributed by atoms with E-state index in [9.17, 15) is 31.1 Å². The number of aromatic nitrogens is 4. The molecule has 0 aliphatic heterocycles. The lowest BCUT2D eigenvalue weighted by atomic mass is 10.0. The van der Waals surface area contributed by atoms with Crippen LogP contribution in [0.25, 0.3) is 28.0 Å². The normalized spacial score (nSPS) is 13.5. The summed E-state index contributed by atoms with van der Waals surface area (Å²) in [6.45, 7) is 8.88. The Morgan fingerprint density at radius 2 is 1.54 bits per heavy atom. The van der Waals surface area contributed by atoms with Crippen molar-refractivity contribution in [3.05, 3.63) is 102 Å². The van der Waals surface area contributed by atoms with E-state index in [4.69, 9.17) is 4.43 Å². The van der Waals surface area contributed by atoms with E-state index in [1.54, 1.807) is 43.4 Å². The summed E-state index contributed by atoms with van der Waals surface area (Å²) in [4.78, 5) is 21.2. The molecule has 0 bridgehead atoms. The van der Waals surface area contributed by atoms with Crippen LogP contribution < -0.4 is 5.32 Å². The minimum absolute atomic E-state index is 0.0472. The number of hydrogen-bond acceptors (Lipinski definition) is 5. The minimum Gasteiger partial charge on any atom is -0.402 e. The maximum atomic E-state index is 15.2. The molecule has 1 amide bonds. The van der Waals surface area contributed by atoms with Crippen LogP contribution in [0.3, 0.4) is 0 Å². The molecule has 0 saturated heterocycles. The lowest BCUT2D eigenvalue weighted by Gasteiger charge is -2.39. The van der Waals surface area contributed by atoms with Crippen molar-refractivity contribution in [1.29, 1.82) is 0 Å². The smallest absolute Gasteiger partial charge is 0.402 e. The van der Waals surface area contributed by atoms with Crippen LogP contribution in [0, 0.1) is 5.82 Å². The van der Waals surface area contributed by atoms with Crippen LogP contribution in [0.2, 0.25) is 18.1 Å². The van der Waals surface area contributed by atoms with Crippen molar-refractivity contribution < 1.29 is 40.0 Å². The fourth-order valence-corrected chi connectivity index (χ4v) is 5.93. The van der Waals surface area contributed by atoms with Crippen LogP contribution in [0.4, 0.5) is 36.6 Å². The van der Waals surface area contributed by atoms with Crippen LogP contribution in [0.5, 0.6) is 0 Å². The summed E-state index contributed by atoms with van der Waals surface area (Å²) in [5, 5.41) is 6.64. The summed E-state index contributed by atoms with van der Waals surface area (Å²) >= 11 is 0. The molecule has 252 valence electrons. The Morgan fingerprint density at radius 3 is 2.12 bits per heavy atom. The Kier molecular flexibility index (Phi) is 8.99. The van der Waals surface area contributed by atoms with E-state index in [-0.39, 0.29) is 34.2 Å². The van der Waals surface area contributed by atoms with Crippen molar-refractivity contribution in [3.63, 3.8) is 0 Å². The van der Waals surface area contributed by atoms with Gasteiger partial charge in [0.25, 0.3) is 5.91 Å². The highest BCUT2D eigenvalue weighted by molar-refractivity contribution is 6.74. The molecule has 5 rings (SSSR count). The van der Waals surface area contributed by atoms with Crippen LogP contribution in [0.15, 0.2) is 79.1 Å². The van der Waals surface area contributed by atoms with E-state index in [0.29, 0.717) is 11.8 Å². The molecule has 0 radical (unpaired) electrons. The molecule has 0 saturated carbocycles. The van der Waals surface area contributed by atoms with Crippen molar-refractivity contribution >= 4 is 30.9 Å². The minimum atomic E-state index is -4.99. The van der Waals surface area contributed by atoms with Gasteiger partial charge >= 0.3 is 12.4 Å². The Balaban J connectivity index is 1.62. The Labute approximate surface area is 271 Å². The summed E-state index contributed by atoms with van der Waals surface area (Å²) in [5.41, 5.74) is -2.53. The number of rotatable bonds is 7. The number of amides is 1. The first-order valence-corrected chi connectivity index (χ1v) is 17.5. The first-order valence-electron chi connectivity index (χ1n) is 14.6. The van der Waals surface area contributed by atoms with Crippen LogP contribution in [-0.2, 0) is 10.6 Å². The molecular weight excluding hydrogens is 659 g/mol. The third kappa shape index (κ3) is 6.97. The van der Waals surface area contributed by atoms with Gasteiger partial charge in [0.05, 0.1) is 22.3 Å². The highest BCUT2D eigenvalue weighted by atomic mass is 28.4. The molecule has 0 aliphatic rings. The van der Waals surface area contributed by atoms with Crippen molar-refractivity contribution in [2.45, 2.75) is 57.4 Å². The predicted molar refractivity (Wildman–Crippen MR) is 169 cm³/mol. The third-order valence-corrected chi connectivity index (χ3v) is 12.6. The molecule has 48 heavy (non-hydrogen) atoms. The maximum Gasteiger partial charge on any atom is 0.417 e. The van der Waals surface area contributed by atoms with E-state index >= 15 is 4.39 Å². The molecule has 0 fully saturated rings. The number of hydrogen-bond donors (Lipinski definition) is 1. The van der Waals surface area contributed by atoms with Crippen molar-refractivity contribution in [2.24, 2.45) is 0 Å². The highest BCUT2D eigenvalue weighted by Crippen LogP contribution is 2.45. The van der Waals surface area contributed by atoms with Gasteiger partial charge in [0, 0.05) is 23.3 Å². The first-order chi connectivity index (χ1) is 22.3. The molecular formula is C33H30F7N5O2Si. The second-order valence-electron chi connectivity index (χ2n) is 12.6.